The van der Waals surface area contributed by atoms with Crippen molar-refractivity contribution < 1.29 is 4.79 Å². The average Bonchev–Trinajstić information content (AvgIpc) is 3.03. The number of benzene rings is 1. The van der Waals surface area contributed by atoms with Crippen molar-refractivity contribution in [3.63, 3.8) is 0 Å². The second-order valence-electron chi connectivity index (χ2n) is 8.11. The van der Waals surface area contributed by atoms with Crippen LogP contribution in [0.15, 0.2) is 42.7 Å². The summed E-state index contributed by atoms with van der Waals surface area (Å²) >= 11 is 0. The van der Waals surface area contributed by atoms with Crippen LogP contribution in [0.5, 0.6) is 0 Å². The monoisotopic (exact) mass is 392 g/mol. The predicted molar refractivity (Wildman–Crippen MR) is 115 cm³/mol. The van der Waals surface area contributed by atoms with Crippen LogP contribution < -0.4 is 10.6 Å². The van der Waals surface area contributed by atoms with E-state index >= 15 is 0 Å². The Balaban J connectivity index is 1.52. The molecule has 2 N–H and O–H groups in total. The van der Waals surface area contributed by atoms with Crippen molar-refractivity contribution in [2.75, 3.05) is 18.4 Å². The highest BCUT2D eigenvalue weighted by Gasteiger charge is 2.14. The van der Waals surface area contributed by atoms with Gasteiger partial charge in [-0.15, -0.1) is 0 Å². The predicted octanol–water partition coefficient (Wildman–Crippen LogP) is 3.42. The first-order chi connectivity index (χ1) is 13.7. The third-order valence-corrected chi connectivity index (χ3v) is 4.61. The lowest BCUT2D eigenvalue weighted by Crippen LogP contribution is -2.29. The van der Waals surface area contributed by atoms with E-state index in [9.17, 15) is 4.79 Å². The van der Waals surface area contributed by atoms with Crippen molar-refractivity contribution in [2.45, 2.75) is 40.0 Å². The number of hydrogen-bond donors (Lipinski definition) is 2. The quantitative estimate of drug-likeness (QED) is 0.628. The molecule has 7 heteroatoms. The van der Waals surface area contributed by atoms with Crippen LogP contribution in [-0.2, 0) is 5.41 Å². The Kier molecular flexibility index (Phi) is 5.96. The lowest BCUT2D eigenvalue weighted by molar-refractivity contribution is 0.0955. The molecule has 0 unspecified atom stereocenters. The molecule has 2 heterocycles. The molecule has 7 nitrogen and oxygen atoms in total. The zero-order valence-corrected chi connectivity index (χ0v) is 17.7. The van der Waals surface area contributed by atoms with Crippen molar-refractivity contribution >= 4 is 11.7 Å². The number of aromatic nitrogens is 4. The van der Waals surface area contributed by atoms with Crippen molar-refractivity contribution in [3.05, 3.63) is 65.2 Å². The van der Waals surface area contributed by atoms with Crippen LogP contribution in [0.3, 0.4) is 0 Å². The summed E-state index contributed by atoms with van der Waals surface area (Å²) in [6, 6.07) is 11.6. The van der Waals surface area contributed by atoms with E-state index in [-0.39, 0.29) is 11.3 Å². The smallest absolute Gasteiger partial charge is 0.251 e. The normalized spacial score (nSPS) is 11.3. The molecule has 0 radical (unpaired) electrons. The first kappa shape index (κ1) is 20.5. The molecular weight excluding hydrogens is 364 g/mol. The largest absolute Gasteiger partial charge is 0.368 e. The van der Waals surface area contributed by atoms with Gasteiger partial charge in [0.2, 0.25) is 0 Å². The number of nitrogens with one attached hydrogen (secondary N) is 2. The van der Waals surface area contributed by atoms with Crippen molar-refractivity contribution in [1.29, 1.82) is 0 Å². The summed E-state index contributed by atoms with van der Waals surface area (Å²) in [6.45, 7) is 11.4. The van der Waals surface area contributed by atoms with E-state index in [0.29, 0.717) is 30.3 Å². The van der Waals surface area contributed by atoms with Gasteiger partial charge in [-0.25, -0.2) is 14.6 Å². The molecule has 0 spiro atoms. The van der Waals surface area contributed by atoms with Gasteiger partial charge in [0.05, 0.1) is 5.69 Å². The van der Waals surface area contributed by atoms with E-state index in [4.69, 9.17) is 0 Å². The van der Waals surface area contributed by atoms with Crippen LogP contribution in [0.25, 0.3) is 5.82 Å². The Morgan fingerprint density at radius 3 is 2.38 bits per heavy atom. The van der Waals surface area contributed by atoms with Crippen LogP contribution in [-0.4, -0.2) is 38.7 Å². The molecule has 0 bridgehead atoms. The molecule has 0 saturated carbocycles. The standard InChI is InChI=1S/C22H28N6O/c1-15-12-16(2)28(27-15)20-13-19(25-14-26-20)23-10-11-24-21(29)17-6-8-18(9-7-17)22(3,4)5/h6-9,12-14H,10-11H2,1-5H3,(H,24,29)(H,23,25,26). The first-order valence-electron chi connectivity index (χ1n) is 9.72. The molecule has 2 aromatic heterocycles. The van der Waals surface area contributed by atoms with Gasteiger partial charge in [-0.2, -0.15) is 5.10 Å². The van der Waals surface area contributed by atoms with Gasteiger partial charge in [0.25, 0.3) is 5.91 Å². The third-order valence-electron chi connectivity index (χ3n) is 4.61. The zero-order valence-electron chi connectivity index (χ0n) is 17.7. The van der Waals surface area contributed by atoms with E-state index in [1.165, 1.54) is 11.9 Å². The van der Waals surface area contributed by atoms with Crippen LogP contribution >= 0.6 is 0 Å². The third kappa shape index (κ3) is 5.19. The second kappa shape index (κ2) is 8.43. The highest BCUT2D eigenvalue weighted by Crippen LogP contribution is 2.22. The number of rotatable bonds is 6. The van der Waals surface area contributed by atoms with Gasteiger partial charge < -0.3 is 10.6 Å². The van der Waals surface area contributed by atoms with Gasteiger partial charge >= 0.3 is 0 Å². The average molecular weight is 393 g/mol. The van der Waals surface area contributed by atoms with Crippen LogP contribution in [0, 0.1) is 13.8 Å². The van der Waals surface area contributed by atoms with E-state index < -0.39 is 0 Å². The topological polar surface area (TPSA) is 84.7 Å². The number of aryl methyl sites for hydroxylation is 2. The molecule has 0 aliphatic carbocycles. The summed E-state index contributed by atoms with van der Waals surface area (Å²) < 4.78 is 1.78. The molecule has 0 saturated heterocycles. The lowest BCUT2D eigenvalue weighted by atomic mass is 9.87. The van der Waals surface area contributed by atoms with E-state index in [1.807, 2.05) is 50.2 Å². The van der Waals surface area contributed by atoms with Crippen LogP contribution in [0.4, 0.5) is 5.82 Å². The van der Waals surface area contributed by atoms with Crippen molar-refractivity contribution in [3.8, 4) is 5.82 Å². The molecule has 0 atom stereocenters. The summed E-state index contributed by atoms with van der Waals surface area (Å²) in [5, 5.41) is 10.6. The minimum Gasteiger partial charge on any atom is -0.368 e. The molecule has 0 fully saturated rings. The fourth-order valence-corrected chi connectivity index (χ4v) is 3.01. The van der Waals surface area contributed by atoms with Gasteiger partial charge in [-0.05, 0) is 43.0 Å². The molecule has 152 valence electrons. The number of anilines is 1. The molecule has 0 aliphatic rings. The molecule has 29 heavy (non-hydrogen) atoms. The number of carbonyl (C=O) groups excluding carboxylic acids is 1. The molecule has 1 aromatic carbocycles. The van der Waals surface area contributed by atoms with E-state index in [2.05, 4.69) is 46.5 Å². The highest BCUT2D eigenvalue weighted by atomic mass is 16.1. The Labute approximate surface area is 171 Å². The Bertz CT molecular complexity index is 985. The fourth-order valence-electron chi connectivity index (χ4n) is 3.01. The Morgan fingerprint density at radius 2 is 1.76 bits per heavy atom. The maximum absolute atomic E-state index is 12.3. The minimum absolute atomic E-state index is 0.0722. The van der Waals surface area contributed by atoms with Gasteiger partial charge in [0, 0.05) is 30.4 Å². The Hall–Kier alpha value is -3.22. The fraction of sp³-hybridized carbons (Fsp3) is 0.364. The highest BCUT2D eigenvalue weighted by molar-refractivity contribution is 5.94. The summed E-state index contributed by atoms with van der Waals surface area (Å²) in [4.78, 5) is 20.8. The molecule has 1 amide bonds. The molecular formula is C22H28N6O. The maximum Gasteiger partial charge on any atom is 0.251 e. The number of nitrogens with zero attached hydrogens (tertiary/aromatic N) is 4. The maximum atomic E-state index is 12.3. The molecule has 3 rings (SSSR count). The summed E-state index contributed by atoms with van der Waals surface area (Å²) in [6.07, 6.45) is 1.50. The Morgan fingerprint density at radius 1 is 1.03 bits per heavy atom. The number of carbonyl (C=O) groups is 1. The van der Waals surface area contributed by atoms with Crippen molar-refractivity contribution in [2.24, 2.45) is 0 Å². The summed E-state index contributed by atoms with van der Waals surface area (Å²) in [5.41, 5.74) is 3.89. The summed E-state index contributed by atoms with van der Waals surface area (Å²) in [7, 11) is 0. The van der Waals surface area contributed by atoms with Crippen molar-refractivity contribution in [1.82, 2.24) is 25.1 Å². The van der Waals surface area contributed by atoms with Gasteiger partial charge in [-0.3, -0.25) is 4.79 Å². The zero-order chi connectivity index (χ0) is 21.0. The van der Waals surface area contributed by atoms with Gasteiger partial charge in [0.1, 0.15) is 12.1 Å². The first-order valence-corrected chi connectivity index (χ1v) is 9.72. The van der Waals surface area contributed by atoms with Crippen LogP contribution in [0.1, 0.15) is 48.1 Å². The SMILES string of the molecule is Cc1cc(C)n(-c2cc(NCCNC(=O)c3ccc(C(C)(C)C)cc3)ncn2)n1. The summed E-state index contributed by atoms with van der Waals surface area (Å²) in [5.74, 6) is 1.31. The second-order valence-corrected chi connectivity index (χ2v) is 8.11. The van der Waals surface area contributed by atoms with Gasteiger partial charge in [0.15, 0.2) is 5.82 Å². The molecule has 0 aliphatic heterocycles. The number of hydrogen-bond acceptors (Lipinski definition) is 5. The van der Waals surface area contributed by atoms with Gasteiger partial charge in [-0.1, -0.05) is 32.9 Å². The van der Waals surface area contributed by atoms with E-state index in [1.54, 1.807) is 4.68 Å². The lowest BCUT2D eigenvalue weighted by Gasteiger charge is -2.19. The van der Waals surface area contributed by atoms with Crippen LogP contribution in [0.2, 0.25) is 0 Å². The minimum atomic E-state index is -0.0849. The van der Waals surface area contributed by atoms with E-state index in [0.717, 1.165) is 11.4 Å². The molecule has 3 aromatic rings. The number of amides is 1.